The van der Waals surface area contributed by atoms with Crippen molar-refractivity contribution in [3.05, 3.63) is 64.6 Å². The molecule has 0 fully saturated rings. The van der Waals surface area contributed by atoms with Gasteiger partial charge in [0.1, 0.15) is 11.3 Å². The molecule has 0 radical (unpaired) electrons. The molecule has 1 N–H and O–H groups in total. The molecular formula is C16H11ClF3N3O. The molecular weight excluding hydrogens is 343 g/mol. The Hall–Kier alpha value is -2.54. The lowest BCUT2D eigenvalue weighted by Crippen LogP contribution is -2.13. The number of nitrogens with one attached hydrogen (secondary N) is 1. The number of amides is 1. The number of anilines is 1. The molecule has 0 saturated carbocycles. The first kappa shape index (κ1) is 16.3. The molecule has 3 aromatic rings. The summed E-state index contributed by atoms with van der Waals surface area (Å²) in [7, 11) is 0. The van der Waals surface area contributed by atoms with E-state index < -0.39 is 22.7 Å². The number of alkyl halides is 3. The molecule has 24 heavy (non-hydrogen) atoms. The standard InChI is InChI=1S/C16H11ClF3N3O/c1-9-4-5-23-8-13(22-14(23)6-9)15(24)21-10-2-3-12(17)11(7-10)16(18,19)20/h2-8H,1H3,(H,21,24). The summed E-state index contributed by atoms with van der Waals surface area (Å²) < 4.78 is 40.2. The van der Waals surface area contributed by atoms with Crippen LogP contribution in [0.4, 0.5) is 18.9 Å². The van der Waals surface area contributed by atoms with Gasteiger partial charge in [0.2, 0.25) is 0 Å². The van der Waals surface area contributed by atoms with Crippen LogP contribution in [0.1, 0.15) is 21.6 Å². The van der Waals surface area contributed by atoms with Gasteiger partial charge in [0, 0.05) is 18.1 Å². The number of carbonyl (C=O) groups excluding carboxylic acids is 1. The Bertz CT molecular complexity index is 934. The van der Waals surface area contributed by atoms with Crippen molar-refractivity contribution in [2.75, 3.05) is 5.32 Å². The maximum atomic E-state index is 12.9. The number of halogens is 4. The van der Waals surface area contributed by atoms with Crippen molar-refractivity contribution in [2.45, 2.75) is 13.1 Å². The van der Waals surface area contributed by atoms with Crippen LogP contribution in [0.5, 0.6) is 0 Å². The van der Waals surface area contributed by atoms with Crippen LogP contribution in [0.2, 0.25) is 5.02 Å². The topological polar surface area (TPSA) is 46.4 Å². The Kier molecular flexibility index (Phi) is 3.96. The summed E-state index contributed by atoms with van der Waals surface area (Å²) in [6.45, 7) is 1.89. The van der Waals surface area contributed by atoms with Crippen molar-refractivity contribution in [3.8, 4) is 0 Å². The third-order valence-corrected chi connectivity index (χ3v) is 3.71. The number of benzene rings is 1. The molecule has 3 rings (SSSR count). The van der Waals surface area contributed by atoms with E-state index in [1.54, 1.807) is 16.7 Å². The largest absolute Gasteiger partial charge is 0.417 e. The third kappa shape index (κ3) is 3.21. The molecule has 1 amide bonds. The van der Waals surface area contributed by atoms with E-state index in [2.05, 4.69) is 10.3 Å². The van der Waals surface area contributed by atoms with Crippen LogP contribution in [0, 0.1) is 6.92 Å². The fourth-order valence-corrected chi connectivity index (χ4v) is 2.43. The molecule has 2 heterocycles. The maximum Gasteiger partial charge on any atom is 0.417 e. The quantitative estimate of drug-likeness (QED) is 0.733. The second kappa shape index (κ2) is 5.83. The average Bonchev–Trinajstić information content (AvgIpc) is 2.91. The van der Waals surface area contributed by atoms with Crippen LogP contribution in [0.3, 0.4) is 0 Å². The highest BCUT2D eigenvalue weighted by Crippen LogP contribution is 2.36. The summed E-state index contributed by atoms with van der Waals surface area (Å²) in [4.78, 5) is 16.4. The predicted octanol–water partition coefficient (Wildman–Crippen LogP) is 4.57. The van der Waals surface area contributed by atoms with Gasteiger partial charge < -0.3 is 9.72 Å². The Morgan fingerprint density at radius 1 is 1.25 bits per heavy atom. The first-order chi connectivity index (χ1) is 11.2. The lowest BCUT2D eigenvalue weighted by Gasteiger charge is -2.11. The van der Waals surface area contributed by atoms with E-state index in [0.717, 1.165) is 17.7 Å². The molecule has 0 aliphatic rings. The summed E-state index contributed by atoms with van der Waals surface area (Å²) >= 11 is 5.55. The number of hydrogen-bond acceptors (Lipinski definition) is 2. The molecule has 0 atom stereocenters. The number of nitrogens with zero attached hydrogens (tertiary/aromatic N) is 2. The van der Waals surface area contributed by atoms with Crippen molar-refractivity contribution in [3.63, 3.8) is 0 Å². The number of carbonyl (C=O) groups is 1. The molecule has 0 bridgehead atoms. The van der Waals surface area contributed by atoms with Crippen molar-refractivity contribution in [2.24, 2.45) is 0 Å². The number of aryl methyl sites for hydroxylation is 1. The maximum absolute atomic E-state index is 12.9. The molecule has 124 valence electrons. The predicted molar refractivity (Wildman–Crippen MR) is 84.3 cm³/mol. The molecule has 0 spiro atoms. The van der Waals surface area contributed by atoms with E-state index in [0.29, 0.717) is 5.65 Å². The number of aromatic nitrogens is 2. The van der Waals surface area contributed by atoms with Gasteiger partial charge in [0.05, 0.1) is 10.6 Å². The molecule has 2 aromatic heterocycles. The number of hydrogen-bond donors (Lipinski definition) is 1. The monoisotopic (exact) mass is 353 g/mol. The van der Waals surface area contributed by atoms with E-state index >= 15 is 0 Å². The van der Waals surface area contributed by atoms with Crippen LogP contribution < -0.4 is 5.32 Å². The average molecular weight is 354 g/mol. The van der Waals surface area contributed by atoms with E-state index in [9.17, 15) is 18.0 Å². The van der Waals surface area contributed by atoms with Crippen LogP contribution in [0.25, 0.3) is 5.65 Å². The first-order valence-corrected chi connectivity index (χ1v) is 7.25. The fourth-order valence-electron chi connectivity index (χ4n) is 2.21. The SMILES string of the molecule is Cc1ccn2cc(C(=O)Nc3ccc(Cl)c(C(F)(F)F)c3)nc2c1. The van der Waals surface area contributed by atoms with Crippen molar-refractivity contribution in [1.29, 1.82) is 0 Å². The molecule has 4 nitrogen and oxygen atoms in total. The fraction of sp³-hybridized carbons (Fsp3) is 0.125. The molecule has 0 unspecified atom stereocenters. The number of fused-ring (bicyclic) bond motifs is 1. The summed E-state index contributed by atoms with van der Waals surface area (Å²) in [5.74, 6) is -0.605. The lowest BCUT2D eigenvalue weighted by molar-refractivity contribution is -0.137. The Labute approximate surface area is 139 Å². The normalized spacial score (nSPS) is 11.7. The van der Waals surface area contributed by atoms with Crippen molar-refractivity contribution >= 4 is 28.8 Å². The highest BCUT2D eigenvalue weighted by atomic mass is 35.5. The number of pyridine rings is 1. The second-order valence-electron chi connectivity index (χ2n) is 5.24. The zero-order valence-electron chi connectivity index (χ0n) is 12.4. The minimum atomic E-state index is -4.60. The Morgan fingerprint density at radius 2 is 2.00 bits per heavy atom. The highest BCUT2D eigenvalue weighted by Gasteiger charge is 2.33. The van der Waals surface area contributed by atoms with Gasteiger partial charge in [-0.2, -0.15) is 13.2 Å². The van der Waals surface area contributed by atoms with E-state index in [-0.39, 0.29) is 11.4 Å². The minimum Gasteiger partial charge on any atom is -0.321 e. The number of rotatable bonds is 2. The van der Waals surface area contributed by atoms with Gasteiger partial charge in [0.25, 0.3) is 5.91 Å². The zero-order valence-corrected chi connectivity index (χ0v) is 13.1. The summed E-state index contributed by atoms with van der Waals surface area (Å²) in [5, 5.41) is 1.97. The number of imidazole rings is 1. The van der Waals surface area contributed by atoms with E-state index in [1.165, 1.54) is 12.3 Å². The summed E-state index contributed by atoms with van der Waals surface area (Å²) in [6.07, 6.45) is -1.35. The van der Waals surface area contributed by atoms with Gasteiger partial charge in [-0.15, -0.1) is 0 Å². The lowest BCUT2D eigenvalue weighted by atomic mass is 10.2. The van der Waals surface area contributed by atoms with Crippen LogP contribution >= 0.6 is 11.6 Å². The van der Waals surface area contributed by atoms with Gasteiger partial charge in [-0.3, -0.25) is 4.79 Å². The van der Waals surface area contributed by atoms with Crippen molar-refractivity contribution < 1.29 is 18.0 Å². The van der Waals surface area contributed by atoms with E-state index in [1.807, 2.05) is 13.0 Å². The first-order valence-electron chi connectivity index (χ1n) is 6.87. The zero-order chi connectivity index (χ0) is 17.5. The second-order valence-corrected chi connectivity index (χ2v) is 5.65. The Morgan fingerprint density at radius 3 is 2.71 bits per heavy atom. The van der Waals surface area contributed by atoms with Crippen LogP contribution in [-0.2, 0) is 6.18 Å². The van der Waals surface area contributed by atoms with Gasteiger partial charge in [-0.25, -0.2) is 4.98 Å². The third-order valence-electron chi connectivity index (χ3n) is 3.38. The molecule has 1 aromatic carbocycles. The van der Waals surface area contributed by atoms with Crippen molar-refractivity contribution in [1.82, 2.24) is 9.38 Å². The van der Waals surface area contributed by atoms with Crippen LogP contribution in [0.15, 0.2) is 42.7 Å². The van der Waals surface area contributed by atoms with Crippen LogP contribution in [-0.4, -0.2) is 15.3 Å². The molecule has 8 heteroatoms. The molecule has 0 saturated heterocycles. The summed E-state index contributed by atoms with van der Waals surface area (Å²) in [5.41, 5.74) is 0.640. The Balaban J connectivity index is 1.88. The molecule has 0 aliphatic carbocycles. The highest BCUT2D eigenvalue weighted by molar-refractivity contribution is 6.31. The van der Waals surface area contributed by atoms with Gasteiger partial charge in [0.15, 0.2) is 0 Å². The van der Waals surface area contributed by atoms with Gasteiger partial charge >= 0.3 is 6.18 Å². The smallest absolute Gasteiger partial charge is 0.321 e. The van der Waals surface area contributed by atoms with E-state index in [4.69, 9.17) is 11.6 Å². The van der Waals surface area contributed by atoms with Gasteiger partial charge in [-0.1, -0.05) is 11.6 Å². The van der Waals surface area contributed by atoms with Gasteiger partial charge in [-0.05, 0) is 42.8 Å². The minimum absolute atomic E-state index is 0.00929. The summed E-state index contributed by atoms with van der Waals surface area (Å²) in [6, 6.07) is 6.83. The molecule has 0 aliphatic heterocycles.